The molecule has 0 saturated carbocycles. The summed E-state index contributed by atoms with van der Waals surface area (Å²) in [6.45, 7) is 0. The van der Waals surface area contributed by atoms with Gasteiger partial charge in [-0.25, -0.2) is 0 Å². The van der Waals surface area contributed by atoms with E-state index >= 15 is 0 Å². The molecule has 0 radical (unpaired) electrons. The van der Waals surface area contributed by atoms with Crippen molar-refractivity contribution in [1.82, 2.24) is 5.32 Å². The van der Waals surface area contributed by atoms with Crippen LogP contribution in [-0.2, 0) is 4.79 Å². The second-order valence-corrected chi connectivity index (χ2v) is 1.15. The molecule has 0 rings (SSSR count). The van der Waals surface area contributed by atoms with Crippen molar-refractivity contribution in [2.75, 3.05) is 7.05 Å². The smallest absolute Gasteiger partial charge is 0.263 e. The molecule has 0 unspecified atom stereocenters. The van der Waals surface area contributed by atoms with Crippen LogP contribution in [0, 0.1) is 11.3 Å². The number of aliphatic hydroxyl groups excluding tert-OH is 1. The number of aliphatic hydroxyl groups is 1. The second-order valence-electron chi connectivity index (χ2n) is 1.15. The molecule has 0 aromatic carbocycles. The number of hydrogen-bond donors (Lipinski definition) is 2. The minimum Gasteiger partial charge on any atom is -0.370 e. The van der Waals surface area contributed by atoms with Crippen LogP contribution in [0.15, 0.2) is 0 Å². The Hall–Kier alpha value is -1.08. The molecule has 0 aliphatic carbocycles. The molecule has 0 aliphatic heterocycles. The van der Waals surface area contributed by atoms with E-state index in [2.05, 4.69) is 5.32 Å². The summed E-state index contributed by atoms with van der Waals surface area (Å²) in [5.74, 6) is -0.674. The van der Waals surface area contributed by atoms with Crippen molar-refractivity contribution in [2.45, 2.75) is 6.10 Å². The molecule has 0 aromatic heterocycles. The maximum Gasteiger partial charge on any atom is 0.263 e. The first-order valence-corrected chi connectivity index (χ1v) is 2.01. The maximum absolute atomic E-state index is 10.2. The van der Waals surface area contributed by atoms with Crippen LogP contribution in [0.3, 0.4) is 0 Å². The predicted octanol–water partition coefficient (Wildman–Crippen LogP) is -1.38. The SMILES string of the molecule is CNC(=O)[C@@H](O)C#N. The molecule has 4 heteroatoms. The van der Waals surface area contributed by atoms with Gasteiger partial charge in [-0.15, -0.1) is 0 Å². The van der Waals surface area contributed by atoms with Crippen molar-refractivity contribution in [3.05, 3.63) is 0 Å². The Bertz CT molecular complexity index is 126. The molecule has 2 N–H and O–H groups in total. The van der Waals surface area contributed by atoms with Gasteiger partial charge in [0.2, 0.25) is 6.10 Å². The molecular weight excluding hydrogens is 108 g/mol. The Kier molecular flexibility index (Phi) is 2.59. The zero-order valence-corrected chi connectivity index (χ0v) is 4.38. The van der Waals surface area contributed by atoms with Gasteiger partial charge >= 0.3 is 0 Å². The lowest BCUT2D eigenvalue weighted by Gasteiger charge is -1.95. The molecule has 44 valence electrons. The van der Waals surface area contributed by atoms with Gasteiger partial charge in [-0.2, -0.15) is 5.26 Å². The molecule has 1 atom stereocenters. The number of amides is 1. The van der Waals surface area contributed by atoms with Gasteiger partial charge in [0.05, 0.1) is 0 Å². The van der Waals surface area contributed by atoms with E-state index in [0.717, 1.165) is 0 Å². The second kappa shape index (κ2) is 2.99. The van der Waals surface area contributed by atoms with E-state index in [9.17, 15) is 4.79 Å². The van der Waals surface area contributed by atoms with E-state index in [1.165, 1.54) is 13.1 Å². The van der Waals surface area contributed by atoms with Crippen molar-refractivity contribution in [3.8, 4) is 6.07 Å². The first-order valence-electron chi connectivity index (χ1n) is 2.01. The molecule has 0 saturated heterocycles. The van der Waals surface area contributed by atoms with Gasteiger partial charge in [0.1, 0.15) is 6.07 Å². The third-order valence-electron chi connectivity index (χ3n) is 0.617. The van der Waals surface area contributed by atoms with Crippen LogP contribution in [-0.4, -0.2) is 24.2 Å². The molecule has 0 aromatic rings. The summed E-state index contributed by atoms with van der Waals surface area (Å²) in [6, 6.07) is 1.36. The number of carbonyl (C=O) groups is 1. The fourth-order valence-corrected chi connectivity index (χ4v) is 0.195. The lowest BCUT2D eigenvalue weighted by molar-refractivity contribution is -0.126. The summed E-state index contributed by atoms with van der Waals surface area (Å²) in [6.07, 6.45) is -1.53. The molecule has 4 nitrogen and oxygen atoms in total. The van der Waals surface area contributed by atoms with Crippen LogP contribution in [0.1, 0.15) is 0 Å². The van der Waals surface area contributed by atoms with Crippen LogP contribution in [0.5, 0.6) is 0 Å². The zero-order valence-electron chi connectivity index (χ0n) is 4.38. The Morgan fingerprint density at radius 3 is 2.62 bits per heavy atom. The van der Waals surface area contributed by atoms with Gasteiger partial charge < -0.3 is 10.4 Å². The van der Waals surface area contributed by atoms with Crippen LogP contribution in [0.4, 0.5) is 0 Å². The minimum atomic E-state index is -1.53. The molecule has 8 heavy (non-hydrogen) atoms. The maximum atomic E-state index is 10.2. The van der Waals surface area contributed by atoms with Gasteiger partial charge in [-0.3, -0.25) is 4.79 Å². The van der Waals surface area contributed by atoms with Gasteiger partial charge in [0.25, 0.3) is 5.91 Å². The fourth-order valence-electron chi connectivity index (χ4n) is 0.195. The zero-order chi connectivity index (χ0) is 6.57. The summed E-state index contributed by atoms with van der Waals surface area (Å²) >= 11 is 0. The summed E-state index contributed by atoms with van der Waals surface area (Å²) in [4.78, 5) is 10.2. The van der Waals surface area contributed by atoms with Crippen molar-refractivity contribution in [1.29, 1.82) is 5.26 Å². The summed E-state index contributed by atoms with van der Waals surface area (Å²) in [5, 5.41) is 18.3. The third kappa shape index (κ3) is 1.58. The first kappa shape index (κ1) is 6.92. The largest absolute Gasteiger partial charge is 0.370 e. The predicted molar refractivity (Wildman–Crippen MR) is 25.7 cm³/mol. The van der Waals surface area contributed by atoms with E-state index in [1.54, 1.807) is 0 Å². The van der Waals surface area contributed by atoms with E-state index in [1.807, 2.05) is 0 Å². The number of rotatable bonds is 1. The molecule has 1 amide bonds. The van der Waals surface area contributed by atoms with Gasteiger partial charge in [-0.1, -0.05) is 0 Å². The van der Waals surface area contributed by atoms with E-state index in [4.69, 9.17) is 10.4 Å². The Balaban J connectivity index is 3.68. The highest BCUT2D eigenvalue weighted by atomic mass is 16.3. The molecule has 0 spiro atoms. The van der Waals surface area contributed by atoms with Crippen molar-refractivity contribution in [3.63, 3.8) is 0 Å². The summed E-state index contributed by atoms with van der Waals surface area (Å²) in [7, 11) is 1.35. The summed E-state index contributed by atoms with van der Waals surface area (Å²) in [5.41, 5.74) is 0. The van der Waals surface area contributed by atoms with Crippen LogP contribution in [0.25, 0.3) is 0 Å². The number of nitrogens with zero attached hydrogens (tertiary/aromatic N) is 1. The molecule has 0 fully saturated rings. The number of hydrogen-bond acceptors (Lipinski definition) is 3. The van der Waals surface area contributed by atoms with Crippen LogP contribution < -0.4 is 5.32 Å². The van der Waals surface area contributed by atoms with Crippen molar-refractivity contribution >= 4 is 5.91 Å². The third-order valence-corrected chi connectivity index (χ3v) is 0.617. The minimum absolute atomic E-state index is 0.674. The Labute approximate surface area is 46.7 Å². The molecule has 0 aliphatic rings. The molecule has 0 bridgehead atoms. The lowest BCUT2D eigenvalue weighted by atomic mass is 10.4. The fraction of sp³-hybridized carbons (Fsp3) is 0.500. The van der Waals surface area contributed by atoms with Gasteiger partial charge in [0, 0.05) is 7.05 Å². The highest BCUT2D eigenvalue weighted by Gasteiger charge is 2.09. The first-order chi connectivity index (χ1) is 3.72. The normalized spacial score (nSPS) is 11.6. The summed E-state index contributed by atoms with van der Waals surface area (Å²) < 4.78 is 0. The Morgan fingerprint density at radius 2 is 2.50 bits per heavy atom. The van der Waals surface area contributed by atoms with Gasteiger partial charge in [-0.05, 0) is 0 Å². The monoisotopic (exact) mass is 114 g/mol. The number of carbonyl (C=O) groups excluding carboxylic acids is 1. The molecule has 0 heterocycles. The van der Waals surface area contributed by atoms with E-state index in [0.29, 0.717) is 0 Å². The lowest BCUT2D eigenvalue weighted by Crippen LogP contribution is -2.30. The highest BCUT2D eigenvalue weighted by molar-refractivity contribution is 5.82. The van der Waals surface area contributed by atoms with Gasteiger partial charge in [0.15, 0.2) is 0 Å². The highest BCUT2D eigenvalue weighted by Crippen LogP contribution is 1.74. The molecular formula is C4H6N2O2. The topological polar surface area (TPSA) is 73.1 Å². The number of likely N-dealkylation sites (N-methyl/N-ethyl adjacent to an activating group) is 1. The number of nitriles is 1. The average molecular weight is 114 g/mol. The number of nitrogens with one attached hydrogen (secondary N) is 1. The van der Waals surface area contributed by atoms with Crippen LogP contribution in [0.2, 0.25) is 0 Å². The average Bonchev–Trinajstić information content (AvgIpc) is 1.84. The van der Waals surface area contributed by atoms with E-state index < -0.39 is 12.0 Å². The quantitative estimate of drug-likeness (QED) is 0.412. The van der Waals surface area contributed by atoms with Crippen molar-refractivity contribution < 1.29 is 9.90 Å². The van der Waals surface area contributed by atoms with E-state index in [-0.39, 0.29) is 0 Å². The van der Waals surface area contributed by atoms with Crippen LogP contribution >= 0.6 is 0 Å². The standard InChI is InChI=1S/C4H6N2O2/c1-6-4(8)3(7)2-5/h3,7H,1H3,(H,6,8)/t3-/m0/s1. The Morgan fingerprint density at radius 1 is 2.00 bits per heavy atom. The van der Waals surface area contributed by atoms with Crippen molar-refractivity contribution in [2.24, 2.45) is 0 Å².